The van der Waals surface area contributed by atoms with Crippen molar-refractivity contribution >= 4 is 27.7 Å². The fourth-order valence-corrected chi connectivity index (χ4v) is 3.68. The molecule has 1 amide bonds. The lowest BCUT2D eigenvalue weighted by atomic mass is 10.0. The number of aryl methyl sites for hydroxylation is 2. The lowest BCUT2D eigenvalue weighted by molar-refractivity contribution is 0.100. The van der Waals surface area contributed by atoms with E-state index < -0.39 is 5.91 Å². The highest BCUT2D eigenvalue weighted by molar-refractivity contribution is 6.17. The van der Waals surface area contributed by atoms with E-state index in [1.54, 1.807) is 25.1 Å². The fourth-order valence-electron chi connectivity index (χ4n) is 3.68. The minimum absolute atomic E-state index is 0.200. The number of benzene rings is 3. The van der Waals surface area contributed by atoms with Crippen LogP contribution in [0.1, 0.15) is 34.0 Å². The van der Waals surface area contributed by atoms with Crippen LogP contribution in [-0.4, -0.2) is 10.5 Å². The van der Waals surface area contributed by atoms with Gasteiger partial charge in [-0.05, 0) is 48.7 Å². The Labute approximate surface area is 157 Å². The van der Waals surface area contributed by atoms with Gasteiger partial charge in [-0.1, -0.05) is 37.3 Å². The van der Waals surface area contributed by atoms with E-state index in [4.69, 9.17) is 5.73 Å². The zero-order chi connectivity index (χ0) is 19.1. The van der Waals surface area contributed by atoms with E-state index in [9.17, 15) is 9.18 Å². The van der Waals surface area contributed by atoms with Crippen LogP contribution in [0.25, 0.3) is 21.8 Å². The minimum Gasteiger partial charge on any atom is -0.366 e. The Morgan fingerprint density at radius 1 is 1.19 bits per heavy atom. The predicted octanol–water partition coefficient (Wildman–Crippen LogP) is 4.75. The highest BCUT2D eigenvalue weighted by atomic mass is 19.1. The number of hydrogen-bond donors (Lipinski definition) is 1. The van der Waals surface area contributed by atoms with Crippen LogP contribution in [0.3, 0.4) is 0 Å². The van der Waals surface area contributed by atoms with Gasteiger partial charge >= 0.3 is 0 Å². The number of primary amides is 1. The molecule has 4 heteroatoms. The highest BCUT2D eigenvalue weighted by Gasteiger charge is 2.18. The first kappa shape index (κ1) is 17.3. The molecule has 0 saturated heterocycles. The van der Waals surface area contributed by atoms with Gasteiger partial charge in [0.05, 0.1) is 17.6 Å². The van der Waals surface area contributed by atoms with E-state index in [0.717, 1.165) is 33.8 Å². The quantitative estimate of drug-likeness (QED) is 0.561. The number of halogens is 1. The molecule has 135 valence electrons. The third kappa shape index (κ3) is 2.78. The van der Waals surface area contributed by atoms with E-state index in [1.165, 1.54) is 0 Å². The standard InChI is InChI=1S/C23H20FN2O/c1-3-15-10-11-17-20(12-15)26(13-16-7-4-6-14(2)22(16)24)19-9-5-8-18(21(17)19)23(25)27/h4-10,12H,3,13H2,1-2H3,(H2,25,27). The summed E-state index contributed by atoms with van der Waals surface area (Å²) < 4.78 is 16.7. The molecule has 0 spiro atoms. The summed E-state index contributed by atoms with van der Waals surface area (Å²) in [7, 11) is 0. The van der Waals surface area contributed by atoms with Gasteiger partial charge in [0, 0.05) is 21.9 Å². The van der Waals surface area contributed by atoms with Crippen molar-refractivity contribution in [3.63, 3.8) is 0 Å². The molecule has 4 rings (SSSR count). The fraction of sp³-hybridized carbons (Fsp3) is 0.174. The van der Waals surface area contributed by atoms with Crippen LogP contribution in [-0.2, 0) is 13.0 Å². The molecule has 0 aliphatic heterocycles. The zero-order valence-electron chi connectivity index (χ0n) is 15.3. The Morgan fingerprint density at radius 2 is 1.96 bits per heavy atom. The van der Waals surface area contributed by atoms with Crippen LogP contribution >= 0.6 is 0 Å². The molecular weight excluding hydrogens is 339 g/mol. The molecule has 4 aromatic rings. The number of rotatable bonds is 4. The van der Waals surface area contributed by atoms with Crippen molar-refractivity contribution in [3.05, 3.63) is 82.7 Å². The van der Waals surface area contributed by atoms with Crippen molar-refractivity contribution in [1.82, 2.24) is 4.57 Å². The third-order valence-corrected chi connectivity index (χ3v) is 5.13. The van der Waals surface area contributed by atoms with E-state index >= 15 is 0 Å². The molecule has 3 nitrogen and oxygen atoms in total. The van der Waals surface area contributed by atoms with Gasteiger partial charge in [-0.15, -0.1) is 0 Å². The van der Waals surface area contributed by atoms with Gasteiger partial charge in [-0.25, -0.2) is 4.39 Å². The number of amides is 1. The second kappa shape index (κ2) is 6.54. The van der Waals surface area contributed by atoms with Crippen LogP contribution in [0.2, 0.25) is 0 Å². The number of hydrogen-bond acceptors (Lipinski definition) is 1. The first-order valence-corrected chi connectivity index (χ1v) is 9.00. The largest absolute Gasteiger partial charge is 0.366 e. The minimum atomic E-state index is -0.477. The van der Waals surface area contributed by atoms with Crippen molar-refractivity contribution in [3.8, 4) is 0 Å². The summed E-state index contributed by atoms with van der Waals surface area (Å²) >= 11 is 0. The predicted molar refractivity (Wildman–Crippen MR) is 106 cm³/mol. The smallest absolute Gasteiger partial charge is 0.249 e. The van der Waals surface area contributed by atoms with Gasteiger partial charge in [0.25, 0.3) is 0 Å². The van der Waals surface area contributed by atoms with Gasteiger partial charge in [-0.3, -0.25) is 4.79 Å². The van der Waals surface area contributed by atoms with Crippen molar-refractivity contribution < 1.29 is 9.18 Å². The van der Waals surface area contributed by atoms with Crippen molar-refractivity contribution in [2.75, 3.05) is 0 Å². The van der Waals surface area contributed by atoms with Crippen molar-refractivity contribution in [2.45, 2.75) is 26.8 Å². The van der Waals surface area contributed by atoms with E-state index in [0.29, 0.717) is 23.2 Å². The van der Waals surface area contributed by atoms with E-state index in [2.05, 4.69) is 19.1 Å². The van der Waals surface area contributed by atoms with E-state index in [-0.39, 0.29) is 5.82 Å². The molecule has 1 radical (unpaired) electrons. The summed E-state index contributed by atoms with van der Waals surface area (Å²) in [4.78, 5) is 12.0. The van der Waals surface area contributed by atoms with Gasteiger partial charge in [0.2, 0.25) is 5.91 Å². The Kier molecular flexibility index (Phi) is 4.19. The molecule has 0 saturated carbocycles. The molecule has 0 aliphatic carbocycles. The molecule has 0 atom stereocenters. The molecule has 1 heterocycles. The van der Waals surface area contributed by atoms with Crippen LogP contribution in [0.15, 0.2) is 48.5 Å². The highest BCUT2D eigenvalue weighted by Crippen LogP contribution is 2.33. The third-order valence-electron chi connectivity index (χ3n) is 5.13. The van der Waals surface area contributed by atoms with E-state index in [1.807, 2.05) is 28.8 Å². The van der Waals surface area contributed by atoms with Gasteiger partial charge in [0.1, 0.15) is 5.82 Å². The lowest BCUT2D eigenvalue weighted by Gasteiger charge is -2.11. The Hall–Kier alpha value is -3.14. The van der Waals surface area contributed by atoms with Crippen LogP contribution in [0.5, 0.6) is 0 Å². The van der Waals surface area contributed by atoms with Gasteiger partial charge in [0.15, 0.2) is 0 Å². The number of aromatic nitrogens is 1. The van der Waals surface area contributed by atoms with Crippen molar-refractivity contribution in [1.29, 1.82) is 0 Å². The Morgan fingerprint density at radius 3 is 2.70 bits per heavy atom. The second-order valence-corrected chi connectivity index (χ2v) is 6.82. The molecule has 0 unspecified atom stereocenters. The maximum atomic E-state index is 14.7. The summed E-state index contributed by atoms with van der Waals surface area (Å²) in [6.07, 6.45) is 0.870. The monoisotopic (exact) mass is 359 g/mol. The number of carbonyl (C=O) groups excluding carboxylic acids is 1. The molecule has 2 N–H and O–H groups in total. The first-order valence-electron chi connectivity index (χ1n) is 9.00. The maximum absolute atomic E-state index is 14.7. The average Bonchev–Trinajstić information content (AvgIpc) is 2.98. The zero-order valence-corrected chi connectivity index (χ0v) is 15.3. The molecule has 1 aromatic heterocycles. The Bertz CT molecular complexity index is 1190. The van der Waals surface area contributed by atoms with Crippen LogP contribution < -0.4 is 5.73 Å². The Balaban J connectivity index is 2.06. The summed E-state index contributed by atoms with van der Waals surface area (Å²) in [6, 6.07) is 18.2. The summed E-state index contributed by atoms with van der Waals surface area (Å²) in [5.41, 5.74) is 10.2. The summed E-state index contributed by atoms with van der Waals surface area (Å²) in [5.74, 6) is -0.677. The van der Waals surface area contributed by atoms with Crippen LogP contribution in [0, 0.1) is 18.8 Å². The molecule has 3 aromatic carbocycles. The average molecular weight is 359 g/mol. The number of carbonyl (C=O) groups is 1. The molecule has 0 bridgehead atoms. The number of fused-ring (bicyclic) bond motifs is 3. The van der Waals surface area contributed by atoms with Crippen LogP contribution in [0.4, 0.5) is 4.39 Å². The van der Waals surface area contributed by atoms with Gasteiger partial charge < -0.3 is 10.3 Å². The SMILES string of the molecule is CCc1c[c]c2c3c(C(N)=O)cccc3n(Cc3cccc(C)c3F)c2c1. The summed E-state index contributed by atoms with van der Waals surface area (Å²) in [6.45, 7) is 4.21. The normalized spacial score (nSPS) is 11.4. The molecule has 27 heavy (non-hydrogen) atoms. The molecule has 0 aliphatic rings. The topological polar surface area (TPSA) is 48.0 Å². The van der Waals surface area contributed by atoms with Crippen molar-refractivity contribution in [2.24, 2.45) is 5.73 Å². The number of nitrogens with zero attached hydrogens (tertiary/aromatic N) is 1. The summed E-state index contributed by atoms with van der Waals surface area (Å²) in [5, 5.41) is 1.61. The first-order chi connectivity index (χ1) is 13.0. The lowest BCUT2D eigenvalue weighted by Crippen LogP contribution is -2.11. The molecule has 0 fully saturated rings. The maximum Gasteiger partial charge on any atom is 0.249 e. The molecular formula is C23H20FN2O. The van der Waals surface area contributed by atoms with Gasteiger partial charge in [-0.2, -0.15) is 0 Å². The number of nitrogens with two attached hydrogens (primary N) is 1. The second-order valence-electron chi connectivity index (χ2n) is 6.82.